The molecule has 1 heterocycles. The topological polar surface area (TPSA) is 29.5 Å². The van der Waals surface area contributed by atoms with Gasteiger partial charge in [-0.3, -0.25) is 4.79 Å². The van der Waals surface area contributed by atoms with E-state index in [9.17, 15) is 4.79 Å². The molecule has 3 nitrogen and oxygen atoms in total. The van der Waals surface area contributed by atoms with Gasteiger partial charge < -0.3 is 9.64 Å². The molecule has 0 aromatic heterocycles. The number of hydrogen-bond donors (Lipinski definition) is 0. The average Bonchev–Trinajstić information content (AvgIpc) is 2.92. The zero-order valence-corrected chi connectivity index (χ0v) is 13.4. The van der Waals surface area contributed by atoms with Crippen LogP contribution in [0, 0.1) is 17.8 Å². The molecule has 0 aromatic carbocycles. The van der Waals surface area contributed by atoms with E-state index in [1.165, 1.54) is 12.8 Å². The zero-order valence-electron chi connectivity index (χ0n) is 13.4. The van der Waals surface area contributed by atoms with Crippen LogP contribution in [0.5, 0.6) is 0 Å². The van der Waals surface area contributed by atoms with Gasteiger partial charge in [0.25, 0.3) is 0 Å². The highest BCUT2D eigenvalue weighted by Crippen LogP contribution is 2.32. The fraction of sp³-hybridized carbons (Fsp3) is 0.941. The lowest BCUT2D eigenvalue weighted by atomic mass is 9.75. The zero-order chi connectivity index (χ0) is 14.5. The Kier molecular flexibility index (Phi) is 6.03. The Morgan fingerprint density at radius 2 is 2.10 bits per heavy atom. The minimum Gasteiger partial charge on any atom is -0.377 e. The van der Waals surface area contributed by atoms with Gasteiger partial charge in [0, 0.05) is 32.0 Å². The molecule has 1 saturated carbocycles. The van der Waals surface area contributed by atoms with Crippen LogP contribution < -0.4 is 0 Å². The molecule has 2 fully saturated rings. The summed E-state index contributed by atoms with van der Waals surface area (Å²) >= 11 is 0. The Morgan fingerprint density at radius 3 is 2.70 bits per heavy atom. The second-order valence-corrected chi connectivity index (χ2v) is 6.93. The van der Waals surface area contributed by atoms with E-state index in [2.05, 4.69) is 25.7 Å². The molecule has 0 radical (unpaired) electrons. The Balaban J connectivity index is 1.85. The lowest BCUT2D eigenvalue weighted by molar-refractivity contribution is -0.126. The Bertz CT molecular complexity index is 310. The molecular formula is C17H31NO2. The van der Waals surface area contributed by atoms with Gasteiger partial charge in [-0.2, -0.15) is 0 Å². The number of ether oxygens (including phenoxy) is 1. The van der Waals surface area contributed by atoms with Crippen molar-refractivity contribution in [3.63, 3.8) is 0 Å². The highest BCUT2D eigenvalue weighted by atomic mass is 16.5. The first-order chi connectivity index (χ1) is 9.60. The summed E-state index contributed by atoms with van der Waals surface area (Å²) in [5, 5.41) is 0. The van der Waals surface area contributed by atoms with Crippen LogP contribution in [0.15, 0.2) is 0 Å². The van der Waals surface area contributed by atoms with Gasteiger partial charge in [0.15, 0.2) is 0 Å². The molecule has 3 unspecified atom stereocenters. The number of carbonyl (C=O) groups excluding carboxylic acids is 1. The maximum Gasteiger partial charge on any atom is 0.137 e. The third-order valence-electron chi connectivity index (χ3n) is 5.16. The second-order valence-electron chi connectivity index (χ2n) is 6.93. The molecule has 116 valence electrons. The van der Waals surface area contributed by atoms with Crippen LogP contribution in [0.1, 0.15) is 52.9 Å². The number of likely N-dealkylation sites (N-methyl/N-ethyl adjacent to an activating group) is 1. The van der Waals surface area contributed by atoms with E-state index >= 15 is 0 Å². The van der Waals surface area contributed by atoms with Crippen molar-refractivity contribution in [3.8, 4) is 0 Å². The van der Waals surface area contributed by atoms with E-state index in [-0.39, 0.29) is 5.92 Å². The third-order valence-corrected chi connectivity index (χ3v) is 5.16. The number of ketones is 1. The van der Waals surface area contributed by atoms with Crippen LogP contribution >= 0.6 is 0 Å². The lowest BCUT2D eigenvalue weighted by Gasteiger charge is -2.34. The van der Waals surface area contributed by atoms with Crippen LogP contribution in [0.2, 0.25) is 0 Å². The van der Waals surface area contributed by atoms with Crippen molar-refractivity contribution >= 4 is 5.78 Å². The molecule has 3 heteroatoms. The Hall–Kier alpha value is -0.410. The number of rotatable bonds is 6. The maximum absolute atomic E-state index is 12.2. The molecule has 2 aliphatic rings. The van der Waals surface area contributed by atoms with Gasteiger partial charge in [-0.15, -0.1) is 0 Å². The Labute approximate surface area is 124 Å². The van der Waals surface area contributed by atoms with E-state index in [4.69, 9.17) is 4.74 Å². The highest BCUT2D eigenvalue weighted by molar-refractivity contribution is 5.82. The van der Waals surface area contributed by atoms with Crippen LogP contribution in [0.25, 0.3) is 0 Å². The van der Waals surface area contributed by atoms with Gasteiger partial charge in [0.2, 0.25) is 0 Å². The SMILES string of the molecule is CCN(CC1CCCO1)CC1CC(C(C)C)CCC1=O. The number of hydrogen-bond acceptors (Lipinski definition) is 3. The van der Waals surface area contributed by atoms with Crippen LogP contribution in [0.3, 0.4) is 0 Å². The molecule has 3 atom stereocenters. The normalized spacial score (nSPS) is 31.4. The third kappa shape index (κ3) is 4.29. The quantitative estimate of drug-likeness (QED) is 0.749. The first-order valence-electron chi connectivity index (χ1n) is 8.46. The van der Waals surface area contributed by atoms with Crippen LogP contribution in [-0.2, 0) is 9.53 Å². The van der Waals surface area contributed by atoms with Gasteiger partial charge in [0.1, 0.15) is 5.78 Å². The molecule has 1 aliphatic carbocycles. The number of Topliss-reactive ketones (excluding diaryl/α,β-unsaturated/α-hetero) is 1. The van der Waals surface area contributed by atoms with Crippen LogP contribution in [0.4, 0.5) is 0 Å². The van der Waals surface area contributed by atoms with Gasteiger partial charge in [-0.25, -0.2) is 0 Å². The van der Waals surface area contributed by atoms with Gasteiger partial charge in [-0.1, -0.05) is 20.8 Å². The summed E-state index contributed by atoms with van der Waals surface area (Å²) in [7, 11) is 0. The summed E-state index contributed by atoms with van der Waals surface area (Å²) in [5.41, 5.74) is 0. The van der Waals surface area contributed by atoms with Crippen molar-refractivity contribution in [1.82, 2.24) is 4.90 Å². The predicted octanol–water partition coefficient (Wildman–Crippen LogP) is 3.13. The Morgan fingerprint density at radius 1 is 1.30 bits per heavy atom. The molecule has 0 amide bonds. The summed E-state index contributed by atoms with van der Waals surface area (Å²) in [6.45, 7) is 10.7. The molecule has 0 aromatic rings. The molecule has 0 N–H and O–H groups in total. The van der Waals surface area contributed by atoms with Crippen molar-refractivity contribution in [2.75, 3.05) is 26.2 Å². The van der Waals surface area contributed by atoms with E-state index < -0.39 is 0 Å². The van der Waals surface area contributed by atoms with Crippen LogP contribution in [-0.4, -0.2) is 43.0 Å². The summed E-state index contributed by atoms with van der Waals surface area (Å²) in [6.07, 6.45) is 5.77. The first kappa shape index (κ1) is 16.0. The molecular weight excluding hydrogens is 250 g/mol. The summed E-state index contributed by atoms with van der Waals surface area (Å²) in [6, 6.07) is 0. The molecule has 20 heavy (non-hydrogen) atoms. The smallest absolute Gasteiger partial charge is 0.137 e. The molecule has 2 rings (SSSR count). The number of carbonyl (C=O) groups is 1. The van der Waals surface area contributed by atoms with E-state index in [1.807, 2.05) is 0 Å². The predicted molar refractivity (Wildman–Crippen MR) is 81.8 cm³/mol. The lowest BCUT2D eigenvalue weighted by Crippen LogP contribution is -2.40. The monoisotopic (exact) mass is 281 g/mol. The highest BCUT2D eigenvalue weighted by Gasteiger charge is 2.31. The van der Waals surface area contributed by atoms with E-state index in [0.29, 0.717) is 17.8 Å². The first-order valence-corrected chi connectivity index (χ1v) is 8.46. The number of nitrogens with zero attached hydrogens (tertiary/aromatic N) is 1. The van der Waals surface area contributed by atoms with Crippen molar-refractivity contribution in [1.29, 1.82) is 0 Å². The molecule has 1 aliphatic heterocycles. The van der Waals surface area contributed by atoms with Gasteiger partial charge >= 0.3 is 0 Å². The van der Waals surface area contributed by atoms with E-state index in [0.717, 1.165) is 51.4 Å². The fourth-order valence-electron chi connectivity index (χ4n) is 3.65. The summed E-state index contributed by atoms with van der Waals surface area (Å²) < 4.78 is 5.73. The van der Waals surface area contributed by atoms with Crippen molar-refractivity contribution < 1.29 is 9.53 Å². The van der Waals surface area contributed by atoms with Gasteiger partial charge in [0.05, 0.1) is 6.10 Å². The minimum atomic E-state index is 0.262. The molecule has 0 spiro atoms. The summed E-state index contributed by atoms with van der Waals surface area (Å²) in [5.74, 6) is 2.20. The molecule has 0 bridgehead atoms. The standard InChI is InChI=1S/C17H31NO2/c1-4-18(12-16-6-5-9-20-16)11-15-10-14(13(2)3)7-8-17(15)19/h13-16H,4-12H2,1-3H3. The van der Waals surface area contributed by atoms with E-state index in [1.54, 1.807) is 0 Å². The van der Waals surface area contributed by atoms with Crippen molar-refractivity contribution in [2.24, 2.45) is 17.8 Å². The minimum absolute atomic E-state index is 0.262. The van der Waals surface area contributed by atoms with Gasteiger partial charge in [-0.05, 0) is 44.1 Å². The average molecular weight is 281 g/mol. The summed E-state index contributed by atoms with van der Waals surface area (Å²) in [4.78, 5) is 14.6. The van der Waals surface area contributed by atoms with Crippen molar-refractivity contribution in [2.45, 2.75) is 59.0 Å². The largest absolute Gasteiger partial charge is 0.377 e. The maximum atomic E-state index is 12.2. The molecule has 1 saturated heterocycles. The fourth-order valence-corrected chi connectivity index (χ4v) is 3.65. The van der Waals surface area contributed by atoms with Crippen molar-refractivity contribution in [3.05, 3.63) is 0 Å². The second kappa shape index (κ2) is 7.56.